The van der Waals surface area contributed by atoms with Gasteiger partial charge >= 0.3 is 0 Å². The minimum Gasteiger partial charge on any atom is -0.298 e. The van der Waals surface area contributed by atoms with Crippen molar-refractivity contribution in [2.24, 2.45) is 0 Å². The Morgan fingerprint density at radius 2 is 1.40 bits per heavy atom. The fraction of sp³-hybridized carbons (Fsp3) is 0.316. The van der Waals surface area contributed by atoms with Crippen molar-refractivity contribution in [1.29, 1.82) is 0 Å². The molecule has 0 saturated heterocycles. The number of carbonyl (C=O) groups is 1. The second-order valence-electron chi connectivity index (χ2n) is 5.74. The zero-order valence-corrected chi connectivity index (χ0v) is 11.7. The lowest BCUT2D eigenvalue weighted by atomic mass is 9.73. The first-order valence-corrected chi connectivity index (χ1v) is 7.44. The van der Waals surface area contributed by atoms with Crippen molar-refractivity contribution in [1.82, 2.24) is 0 Å². The van der Waals surface area contributed by atoms with Crippen LogP contribution in [0.15, 0.2) is 60.7 Å². The number of Topliss-reactive ketones (excluding diaryl/α,β-unsaturated/α-hetero) is 1. The number of rotatable bonds is 4. The highest BCUT2D eigenvalue weighted by Gasteiger charge is 2.41. The van der Waals surface area contributed by atoms with Crippen LogP contribution in [0, 0.1) is 0 Å². The quantitative estimate of drug-likeness (QED) is 0.804. The Morgan fingerprint density at radius 1 is 0.850 bits per heavy atom. The molecule has 2 aromatic carbocycles. The van der Waals surface area contributed by atoms with Crippen LogP contribution in [0.2, 0.25) is 0 Å². The standard InChI is InChI=1S/C19H20O/c20-18(15-16-9-3-1-4-10-16)19(13-7-8-14-19)17-11-5-2-6-12-17/h1-6,9-12H,7-8,13-15H2. The SMILES string of the molecule is O=C(Cc1ccccc1)C1(c2ccccc2)CCCC1. The second kappa shape index (κ2) is 5.62. The first-order chi connectivity index (χ1) is 9.81. The highest BCUT2D eigenvalue weighted by atomic mass is 16.1. The van der Waals surface area contributed by atoms with Gasteiger partial charge in [-0.25, -0.2) is 0 Å². The van der Waals surface area contributed by atoms with Crippen LogP contribution in [0.1, 0.15) is 36.8 Å². The van der Waals surface area contributed by atoms with Gasteiger partial charge in [0.2, 0.25) is 0 Å². The largest absolute Gasteiger partial charge is 0.298 e. The number of hydrogen-bond donors (Lipinski definition) is 0. The summed E-state index contributed by atoms with van der Waals surface area (Å²) in [7, 11) is 0. The molecular weight excluding hydrogens is 244 g/mol. The third-order valence-corrected chi connectivity index (χ3v) is 4.52. The van der Waals surface area contributed by atoms with Gasteiger partial charge in [0.15, 0.2) is 0 Å². The van der Waals surface area contributed by atoms with Crippen molar-refractivity contribution in [2.45, 2.75) is 37.5 Å². The van der Waals surface area contributed by atoms with Crippen LogP contribution in [0.25, 0.3) is 0 Å². The average Bonchev–Trinajstić information content (AvgIpc) is 3.00. The Morgan fingerprint density at radius 3 is 2.00 bits per heavy atom. The van der Waals surface area contributed by atoms with Crippen LogP contribution < -0.4 is 0 Å². The highest BCUT2D eigenvalue weighted by molar-refractivity contribution is 5.92. The predicted molar refractivity (Wildman–Crippen MR) is 81.7 cm³/mol. The van der Waals surface area contributed by atoms with E-state index in [4.69, 9.17) is 0 Å². The summed E-state index contributed by atoms with van der Waals surface area (Å²) in [5.41, 5.74) is 2.09. The van der Waals surface area contributed by atoms with E-state index in [1.165, 1.54) is 5.56 Å². The van der Waals surface area contributed by atoms with Crippen LogP contribution in [-0.2, 0) is 16.6 Å². The third-order valence-electron chi connectivity index (χ3n) is 4.52. The molecule has 0 spiro atoms. The van der Waals surface area contributed by atoms with E-state index in [2.05, 4.69) is 12.1 Å². The summed E-state index contributed by atoms with van der Waals surface area (Å²) in [4.78, 5) is 12.9. The molecule has 3 rings (SSSR count). The van der Waals surface area contributed by atoms with Gasteiger partial charge < -0.3 is 0 Å². The molecule has 1 nitrogen and oxygen atoms in total. The monoisotopic (exact) mass is 264 g/mol. The predicted octanol–water partition coefficient (Wildman–Crippen LogP) is 4.31. The fourth-order valence-electron chi connectivity index (χ4n) is 3.41. The van der Waals surface area contributed by atoms with E-state index in [1.807, 2.05) is 48.5 Å². The summed E-state index contributed by atoms with van der Waals surface area (Å²) in [5.74, 6) is 0.382. The van der Waals surface area contributed by atoms with Gasteiger partial charge in [-0.05, 0) is 24.0 Å². The molecule has 1 aliphatic rings. The van der Waals surface area contributed by atoms with Crippen molar-refractivity contribution >= 4 is 5.78 Å². The van der Waals surface area contributed by atoms with E-state index in [0.29, 0.717) is 12.2 Å². The molecule has 0 aromatic heterocycles. The molecular formula is C19H20O. The van der Waals surface area contributed by atoms with Gasteiger partial charge in [0.1, 0.15) is 5.78 Å². The van der Waals surface area contributed by atoms with Crippen molar-refractivity contribution in [2.75, 3.05) is 0 Å². The lowest BCUT2D eigenvalue weighted by Crippen LogP contribution is -2.34. The number of ketones is 1. The topological polar surface area (TPSA) is 17.1 Å². The summed E-state index contributed by atoms with van der Waals surface area (Å²) in [6.07, 6.45) is 4.88. The first kappa shape index (κ1) is 13.1. The Balaban J connectivity index is 1.89. The molecule has 0 aliphatic heterocycles. The van der Waals surface area contributed by atoms with Gasteiger partial charge in [-0.3, -0.25) is 4.79 Å². The maximum Gasteiger partial charge on any atom is 0.147 e. The maximum atomic E-state index is 12.9. The van der Waals surface area contributed by atoms with Crippen LogP contribution in [-0.4, -0.2) is 5.78 Å². The van der Waals surface area contributed by atoms with Crippen molar-refractivity contribution in [3.63, 3.8) is 0 Å². The van der Waals surface area contributed by atoms with E-state index in [9.17, 15) is 4.79 Å². The summed E-state index contributed by atoms with van der Waals surface area (Å²) < 4.78 is 0. The van der Waals surface area contributed by atoms with Crippen LogP contribution in [0.4, 0.5) is 0 Å². The van der Waals surface area contributed by atoms with Crippen LogP contribution in [0.5, 0.6) is 0 Å². The molecule has 1 heteroatoms. The summed E-state index contributed by atoms with van der Waals surface area (Å²) in [6.45, 7) is 0. The van der Waals surface area contributed by atoms with E-state index in [1.54, 1.807) is 0 Å². The van der Waals surface area contributed by atoms with Gasteiger partial charge in [-0.15, -0.1) is 0 Å². The Labute approximate surface area is 120 Å². The number of benzene rings is 2. The normalized spacial score (nSPS) is 17.0. The molecule has 0 radical (unpaired) electrons. The minimum absolute atomic E-state index is 0.239. The van der Waals surface area contributed by atoms with Crippen molar-refractivity contribution < 1.29 is 4.79 Å². The molecule has 1 aliphatic carbocycles. The summed E-state index contributed by atoms with van der Waals surface area (Å²) in [6, 6.07) is 20.5. The van der Waals surface area contributed by atoms with Gasteiger partial charge in [0.25, 0.3) is 0 Å². The highest BCUT2D eigenvalue weighted by Crippen LogP contribution is 2.42. The van der Waals surface area contributed by atoms with Crippen molar-refractivity contribution in [3.05, 3.63) is 71.8 Å². The van der Waals surface area contributed by atoms with Crippen LogP contribution >= 0.6 is 0 Å². The average molecular weight is 264 g/mol. The van der Waals surface area contributed by atoms with E-state index >= 15 is 0 Å². The van der Waals surface area contributed by atoms with Crippen molar-refractivity contribution in [3.8, 4) is 0 Å². The van der Waals surface area contributed by atoms with E-state index < -0.39 is 0 Å². The van der Waals surface area contributed by atoms with Gasteiger partial charge in [0, 0.05) is 6.42 Å². The lowest BCUT2D eigenvalue weighted by molar-refractivity contribution is -0.123. The number of hydrogen-bond acceptors (Lipinski definition) is 1. The third kappa shape index (κ3) is 2.40. The van der Waals surface area contributed by atoms with Gasteiger partial charge in [0.05, 0.1) is 5.41 Å². The first-order valence-electron chi connectivity index (χ1n) is 7.44. The molecule has 102 valence electrons. The summed E-state index contributed by atoms with van der Waals surface area (Å²) >= 11 is 0. The molecule has 0 unspecified atom stereocenters. The fourth-order valence-corrected chi connectivity index (χ4v) is 3.41. The Hall–Kier alpha value is -1.89. The zero-order valence-electron chi connectivity index (χ0n) is 11.7. The molecule has 0 amide bonds. The molecule has 0 N–H and O–H groups in total. The number of carbonyl (C=O) groups excluding carboxylic acids is 1. The zero-order chi connectivity index (χ0) is 13.8. The van der Waals surface area contributed by atoms with E-state index in [-0.39, 0.29) is 5.41 Å². The molecule has 20 heavy (non-hydrogen) atoms. The molecule has 0 heterocycles. The van der Waals surface area contributed by atoms with Gasteiger partial charge in [-0.2, -0.15) is 0 Å². The smallest absolute Gasteiger partial charge is 0.147 e. The molecule has 0 atom stereocenters. The minimum atomic E-state index is -0.239. The Kier molecular flexibility index (Phi) is 3.68. The lowest BCUT2D eigenvalue weighted by Gasteiger charge is -2.28. The molecule has 2 aromatic rings. The Bertz CT molecular complexity index is 565. The molecule has 1 saturated carbocycles. The molecule has 0 bridgehead atoms. The second-order valence-corrected chi connectivity index (χ2v) is 5.74. The maximum absolute atomic E-state index is 12.9. The van der Waals surface area contributed by atoms with Gasteiger partial charge in [-0.1, -0.05) is 73.5 Å². The van der Waals surface area contributed by atoms with Crippen LogP contribution in [0.3, 0.4) is 0 Å². The van der Waals surface area contributed by atoms with E-state index in [0.717, 1.165) is 31.2 Å². The summed E-state index contributed by atoms with van der Waals surface area (Å²) in [5, 5.41) is 0. The molecule has 1 fully saturated rings.